The van der Waals surface area contributed by atoms with Gasteiger partial charge in [0.2, 0.25) is 0 Å². The first kappa shape index (κ1) is 21.4. The molecule has 0 aliphatic carbocycles. The van der Waals surface area contributed by atoms with Crippen LogP contribution >= 0.6 is 0 Å². The van der Waals surface area contributed by atoms with Gasteiger partial charge in [0.05, 0.1) is 26.2 Å². The first-order valence-corrected chi connectivity index (χ1v) is 11.4. The molecule has 1 amide bonds. The van der Waals surface area contributed by atoms with Crippen LogP contribution in [0, 0.1) is 0 Å². The Morgan fingerprint density at radius 1 is 1.40 bits per heavy atom. The molecule has 0 bridgehead atoms. The van der Waals surface area contributed by atoms with Crippen LogP contribution in [0.15, 0.2) is 24.4 Å². The predicted molar refractivity (Wildman–Crippen MR) is 99.7 cm³/mol. The molecule has 0 aromatic rings. The second-order valence-electron chi connectivity index (χ2n) is 7.74. The molecule has 1 aliphatic heterocycles. The summed E-state index contributed by atoms with van der Waals surface area (Å²) >= 11 is 0. The molecule has 0 fully saturated rings. The number of nitrogens with zero attached hydrogens (tertiary/aromatic N) is 1. The highest BCUT2D eigenvalue weighted by atomic mass is 28.4. The van der Waals surface area contributed by atoms with E-state index in [1.54, 1.807) is 6.20 Å². The molecular formula is C18H31NO5Si. The number of esters is 1. The fourth-order valence-corrected chi connectivity index (χ4v) is 3.24. The Kier molecular flexibility index (Phi) is 7.43. The lowest BCUT2D eigenvalue weighted by Gasteiger charge is -2.37. The topological polar surface area (TPSA) is 65.1 Å². The second kappa shape index (κ2) is 8.67. The van der Waals surface area contributed by atoms with Crippen LogP contribution in [0.1, 0.15) is 33.6 Å². The van der Waals surface area contributed by atoms with E-state index < -0.39 is 14.4 Å². The van der Waals surface area contributed by atoms with Crippen LogP contribution in [0.4, 0.5) is 4.79 Å². The van der Waals surface area contributed by atoms with Crippen LogP contribution < -0.4 is 0 Å². The minimum absolute atomic E-state index is 0.0854. The van der Waals surface area contributed by atoms with Gasteiger partial charge in [0, 0.05) is 6.20 Å². The molecule has 0 unspecified atom stereocenters. The van der Waals surface area contributed by atoms with Crippen molar-refractivity contribution in [2.24, 2.45) is 0 Å². The second-order valence-corrected chi connectivity index (χ2v) is 12.6. The normalized spacial score (nSPS) is 17.9. The number of rotatable bonds is 7. The summed E-state index contributed by atoms with van der Waals surface area (Å²) in [6.07, 6.45) is 3.49. The Hall–Kier alpha value is -1.60. The van der Waals surface area contributed by atoms with Gasteiger partial charge in [-0.2, -0.15) is 0 Å². The maximum atomic E-state index is 12.3. The first-order chi connectivity index (χ1) is 11.5. The van der Waals surface area contributed by atoms with Gasteiger partial charge in [-0.3, -0.25) is 9.69 Å². The molecular weight excluding hydrogens is 338 g/mol. The van der Waals surface area contributed by atoms with Crippen molar-refractivity contribution < 1.29 is 23.5 Å². The van der Waals surface area contributed by atoms with Crippen LogP contribution in [-0.2, 0) is 18.7 Å². The Morgan fingerprint density at radius 3 is 2.56 bits per heavy atom. The Balaban J connectivity index is 2.83. The molecule has 0 saturated carbocycles. The highest BCUT2D eigenvalue weighted by Gasteiger charge is 2.39. The zero-order chi connectivity index (χ0) is 19.3. The lowest BCUT2D eigenvalue weighted by atomic mass is 10.1. The molecule has 0 aromatic carbocycles. The average Bonchev–Trinajstić information content (AvgIpc) is 2.92. The number of hydrogen-bond donors (Lipinski definition) is 0. The molecule has 1 aliphatic rings. The lowest BCUT2D eigenvalue weighted by molar-refractivity contribution is -0.139. The van der Waals surface area contributed by atoms with E-state index in [4.69, 9.17) is 13.9 Å². The van der Waals surface area contributed by atoms with Gasteiger partial charge in [0.15, 0.2) is 8.32 Å². The Bertz CT molecular complexity index is 536. The summed E-state index contributed by atoms with van der Waals surface area (Å²) in [6.45, 7) is 15.0. The molecule has 0 radical (unpaired) electrons. The summed E-state index contributed by atoms with van der Waals surface area (Å²) in [5.74, 6) is -0.323. The third kappa shape index (κ3) is 6.00. The van der Waals surface area contributed by atoms with E-state index in [-0.39, 0.29) is 30.1 Å². The van der Waals surface area contributed by atoms with Gasteiger partial charge in [-0.25, -0.2) is 4.79 Å². The largest absolute Gasteiger partial charge is 0.469 e. The molecule has 25 heavy (non-hydrogen) atoms. The molecule has 142 valence electrons. The van der Waals surface area contributed by atoms with Gasteiger partial charge in [0.1, 0.15) is 6.61 Å². The SMILES string of the molecule is C=CCOC(=O)N1C=C(CC(=O)OC)C[C@H]1CO[Si](C)(C)C(C)(C)C. The summed E-state index contributed by atoms with van der Waals surface area (Å²) < 4.78 is 16.1. The summed E-state index contributed by atoms with van der Waals surface area (Å²) in [5, 5.41) is 0.0854. The standard InChI is InChI=1S/C18H31NO5Si/c1-8-9-23-17(21)19-12-14(11-16(20)22-5)10-15(19)13-24-25(6,7)18(2,3)4/h8,12,15H,1,9-11,13H2,2-7H3/t15-/m0/s1. The van der Waals surface area contributed by atoms with Crippen molar-refractivity contribution in [1.29, 1.82) is 0 Å². The summed E-state index contributed by atoms with van der Waals surface area (Å²) in [6, 6.07) is -0.175. The maximum absolute atomic E-state index is 12.3. The van der Waals surface area contributed by atoms with E-state index in [0.717, 1.165) is 5.57 Å². The van der Waals surface area contributed by atoms with E-state index in [0.29, 0.717) is 13.0 Å². The van der Waals surface area contributed by atoms with Crippen LogP contribution in [0.5, 0.6) is 0 Å². The van der Waals surface area contributed by atoms with Gasteiger partial charge in [-0.05, 0) is 30.1 Å². The Morgan fingerprint density at radius 2 is 2.04 bits per heavy atom. The fraction of sp³-hybridized carbons (Fsp3) is 0.667. The van der Waals surface area contributed by atoms with Gasteiger partial charge < -0.3 is 13.9 Å². The molecule has 7 heteroatoms. The zero-order valence-electron chi connectivity index (χ0n) is 16.3. The first-order valence-electron chi connectivity index (χ1n) is 8.48. The number of carbonyl (C=O) groups is 2. The number of ether oxygens (including phenoxy) is 2. The maximum Gasteiger partial charge on any atom is 0.414 e. The quantitative estimate of drug-likeness (QED) is 0.387. The van der Waals surface area contributed by atoms with Crippen molar-refractivity contribution in [3.8, 4) is 0 Å². The number of hydrogen-bond acceptors (Lipinski definition) is 5. The van der Waals surface area contributed by atoms with Gasteiger partial charge in [0.25, 0.3) is 0 Å². The van der Waals surface area contributed by atoms with E-state index >= 15 is 0 Å². The Labute approximate surface area is 151 Å². The summed E-state index contributed by atoms with van der Waals surface area (Å²) in [4.78, 5) is 25.3. The monoisotopic (exact) mass is 369 g/mol. The van der Waals surface area contributed by atoms with Crippen LogP contribution in [-0.4, -0.2) is 51.6 Å². The highest BCUT2D eigenvalue weighted by Crippen LogP contribution is 2.37. The van der Waals surface area contributed by atoms with Crippen molar-refractivity contribution in [3.63, 3.8) is 0 Å². The zero-order valence-corrected chi connectivity index (χ0v) is 17.3. The van der Waals surface area contributed by atoms with Crippen LogP contribution in [0.3, 0.4) is 0 Å². The fourth-order valence-electron chi connectivity index (χ4n) is 2.20. The van der Waals surface area contributed by atoms with Crippen molar-refractivity contribution in [2.75, 3.05) is 20.3 Å². The lowest BCUT2D eigenvalue weighted by Crippen LogP contribution is -2.45. The third-order valence-corrected chi connectivity index (χ3v) is 9.29. The molecule has 0 aromatic heterocycles. The van der Waals surface area contributed by atoms with Gasteiger partial charge >= 0.3 is 12.1 Å². The van der Waals surface area contributed by atoms with E-state index in [2.05, 4.69) is 40.4 Å². The highest BCUT2D eigenvalue weighted by molar-refractivity contribution is 6.74. The predicted octanol–water partition coefficient (Wildman–Crippen LogP) is 3.85. The molecule has 0 saturated heterocycles. The molecule has 1 atom stereocenters. The average molecular weight is 370 g/mol. The third-order valence-electron chi connectivity index (χ3n) is 4.79. The summed E-state index contributed by atoms with van der Waals surface area (Å²) in [5.41, 5.74) is 0.839. The minimum atomic E-state index is -1.93. The van der Waals surface area contributed by atoms with Crippen molar-refractivity contribution in [2.45, 2.75) is 57.8 Å². The minimum Gasteiger partial charge on any atom is -0.469 e. The van der Waals surface area contributed by atoms with Crippen molar-refractivity contribution in [1.82, 2.24) is 4.90 Å². The smallest absolute Gasteiger partial charge is 0.414 e. The van der Waals surface area contributed by atoms with Crippen molar-refractivity contribution >= 4 is 20.4 Å². The molecule has 1 heterocycles. The number of carbonyl (C=O) groups excluding carboxylic acids is 2. The molecule has 0 spiro atoms. The van der Waals surface area contributed by atoms with E-state index in [1.807, 2.05) is 0 Å². The van der Waals surface area contributed by atoms with Crippen LogP contribution in [0.2, 0.25) is 18.1 Å². The van der Waals surface area contributed by atoms with E-state index in [9.17, 15) is 9.59 Å². The number of amides is 1. The summed E-state index contributed by atoms with van der Waals surface area (Å²) in [7, 11) is -0.580. The molecule has 6 nitrogen and oxygen atoms in total. The molecule has 0 N–H and O–H groups in total. The van der Waals surface area contributed by atoms with Crippen molar-refractivity contribution in [3.05, 3.63) is 24.4 Å². The van der Waals surface area contributed by atoms with Gasteiger partial charge in [-0.15, -0.1) is 0 Å². The van der Waals surface area contributed by atoms with E-state index in [1.165, 1.54) is 18.1 Å². The number of methoxy groups -OCH3 is 1. The van der Waals surface area contributed by atoms with Crippen LogP contribution in [0.25, 0.3) is 0 Å². The van der Waals surface area contributed by atoms with Gasteiger partial charge in [-0.1, -0.05) is 33.4 Å². The molecule has 1 rings (SSSR count).